The van der Waals surface area contributed by atoms with E-state index in [1.54, 1.807) is 0 Å². The molecule has 35 heavy (non-hydrogen) atoms. The molecule has 0 aliphatic heterocycles. The highest BCUT2D eigenvalue weighted by Crippen LogP contribution is 2.47. The summed E-state index contributed by atoms with van der Waals surface area (Å²) in [4.78, 5) is 20.0. The van der Waals surface area contributed by atoms with Gasteiger partial charge in [0.1, 0.15) is 4.88 Å². The summed E-state index contributed by atoms with van der Waals surface area (Å²) >= 11 is 1.43. The Hall–Kier alpha value is -1.92. The summed E-state index contributed by atoms with van der Waals surface area (Å²) in [5.74, 6) is -0.394. The van der Waals surface area contributed by atoms with Gasteiger partial charge in [0, 0.05) is 25.3 Å². The number of primary amides is 1. The summed E-state index contributed by atoms with van der Waals surface area (Å²) in [6.07, 6.45) is 7.75. The molecule has 1 aliphatic rings. The van der Waals surface area contributed by atoms with Crippen LogP contribution in [0.3, 0.4) is 0 Å². The molecule has 0 bridgehead atoms. The molecule has 3 rings (SSSR count). The predicted octanol–water partition coefficient (Wildman–Crippen LogP) is 7.05. The van der Waals surface area contributed by atoms with Gasteiger partial charge in [-0.2, -0.15) is 0 Å². The zero-order valence-electron chi connectivity index (χ0n) is 23.0. The first-order valence-corrected chi connectivity index (χ1v) is 14.2. The number of carbonyl (C=O) groups excluding carboxylic acids is 1. The molecule has 0 fully saturated rings. The highest BCUT2D eigenvalue weighted by molar-refractivity contribution is 7.18. The normalized spacial score (nSPS) is 15.7. The van der Waals surface area contributed by atoms with Crippen LogP contribution < -0.4 is 10.6 Å². The molecule has 6 heteroatoms. The van der Waals surface area contributed by atoms with Crippen LogP contribution >= 0.6 is 11.3 Å². The zero-order chi connectivity index (χ0) is 26.2. The van der Waals surface area contributed by atoms with Gasteiger partial charge in [-0.05, 0) is 60.1 Å². The van der Waals surface area contributed by atoms with Crippen LogP contribution in [0.4, 0.5) is 5.13 Å². The highest BCUT2D eigenvalue weighted by atomic mass is 32.1. The minimum Gasteiger partial charge on any atom is -0.396 e. The molecule has 3 N–H and O–H groups in total. The predicted molar refractivity (Wildman–Crippen MR) is 151 cm³/mol. The van der Waals surface area contributed by atoms with Crippen LogP contribution in [0.15, 0.2) is 18.2 Å². The van der Waals surface area contributed by atoms with E-state index in [0.29, 0.717) is 11.5 Å². The Morgan fingerprint density at radius 1 is 1.00 bits per heavy atom. The molecule has 1 heterocycles. The molecule has 1 amide bonds. The maximum absolute atomic E-state index is 12.2. The second-order valence-electron chi connectivity index (χ2n) is 11.0. The number of aromatic nitrogens is 1. The topological polar surface area (TPSA) is 79.4 Å². The Bertz CT molecular complexity index is 955. The Balaban J connectivity index is 0.000000641. The van der Waals surface area contributed by atoms with Crippen LogP contribution in [0.2, 0.25) is 0 Å². The van der Waals surface area contributed by atoms with Crippen LogP contribution in [-0.4, -0.2) is 35.7 Å². The average Bonchev–Trinajstić information content (AvgIpc) is 3.27. The van der Waals surface area contributed by atoms with Crippen LogP contribution in [0.1, 0.15) is 114 Å². The van der Waals surface area contributed by atoms with Gasteiger partial charge in [0.2, 0.25) is 0 Å². The number of aliphatic hydroxyl groups is 1. The van der Waals surface area contributed by atoms with Gasteiger partial charge in [0.15, 0.2) is 5.13 Å². The van der Waals surface area contributed by atoms with Crippen LogP contribution in [0, 0.1) is 0 Å². The summed E-state index contributed by atoms with van der Waals surface area (Å²) < 4.78 is 0. The van der Waals surface area contributed by atoms with E-state index in [2.05, 4.69) is 71.6 Å². The van der Waals surface area contributed by atoms with Crippen LogP contribution in [-0.2, 0) is 10.8 Å². The number of anilines is 1. The number of hydrogen-bond acceptors (Lipinski definition) is 5. The lowest BCUT2D eigenvalue weighted by Crippen LogP contribution is -2.33. The lowest BCUT2D eigenvalue weighted by molar-refractivity contribution is 0.100. The molecule has 0 unspecified atom stereocenters. The van der Waals surface area contributed by atoms with E-state index in [1.807, 2.05) is 0 Å². The van der Waals surface area contributed by atoms with Crippen LogP contribution in [0.5, 0.6) is 0 Å². The van der Waals surface area contributed by atoms with Crippen molar-refractivity contribution in [1.82, 2.24) is 4.98 Å². The van der Waals surface area contributed by atoms with Gasteiger partial charge in [-0.15, -0.1) is 0 Å². The Morgan fingerprint density at radius 3 is 2.09 bits per heavy atom. The summed E-state index contributed by atoms with van der Waals surface area (Å²) in [5.41, 5.74) is 10.6. The van der Waals surface area contributed by atoms with Crippen molar-refractivity contribution in [3.05, 3.63) is 34.2 Å². The number of carbonyl (C=O) groups is 1. The van der Waals surface area contributed by atoms with Gasteiger partial charge in [0.25, 0.3) is 5.91 Å². The van der Waals surface area contributed by atoms with Crippen LogP contribution in [0.25, 0.3) is 11.3 Å². The molecular formula is C29H47N3O2S. The number of unbranched alkanes of at least 4 members (excludes halogenated alkanes) is 2. The SMILES string of the molecule is CCCCCO.CCCN(CCC)c1nc(-c2ccc3c(c2)C(C)(C)CCC3(C)C)c(C(N)=O)s1. The van der Waals surface area contributed by atoms with E-state index in [1.165, 1.54) is 35.3 Å². The molecule has 1 aromatic carbocycles. The second-order valence-corrected chi connectivity index (χ2v) is 12.0. The number of thiazole rings is 1. The number of nitrogens with zero attached hydrogens (tertiary/aromatic N) is 2. The van der Waals surface area contributed by atoms with Crippen molar-refractivity contribution in [2.24, 2.45) is 5.73 Å². The summed E-state index contributed by atoms with van der Waals surface area (Å²) in [6, 6.07) is 6.62. The highest BCUT2D eigenvalue weighted by Gasteiger charge is 2.37. The number of benzene rings is 1. The molecule has 1 aliphatic carbocycles. The average molecular weight is 502 g/mol. The van der Waals surface area contributed by atoms with Gasteiger partial charge in [-0.1, -0.05) is 84.8 Å². The first kappa shape index (κ1) is 29.3. The van der Waals surface area contributed by atoms with Crippen molar-refractivity contribution >= 4 is 22.4 Å². The van der Waals surface area contributed by atoms with E-state index in [9.17, 15) is 4.79 Å². The number of amides is 1. The number of hydrogen-bond donors (Lipinski definition) is 2. The molecule has 0 saturated carbocycles. The number of rotatable bonds is 10. The van der Waals surface area contributed by atoms with E-state index in [0.717, 1.165) is 61.6 Å². The molecule has 0 radical (unpaired) electrons. The zero-order valence-corrected chi connectivity index (χ0v) is 23.9. The second kappa shape index (κ2) is 12.9. The minimum atomic E-state index is -0.394. The first-order valence-electron chi connectivity index (χ1n) is 13.3. The third-order valence-corrected chi connectivity index (χ3v) is 8.12. The maximum atomic E-state index is 12.2. The molecule has 1 aromatic heterocycles. The van der Waals surface area contributed by atoms with Crippen molar-refractivity contribution < 1.29 is 9.90 Å². The van der Waals surface area contributed by atoms with E-state index >= 15 is 0 Å². The molecule has 196 valence electrons. The summed E-state index contributed by atoms with van der Waals surface area (Å²) in [7, 11) is 0. The first-order chi connectivity index (χ1) is 16.5. The maximum Gasteiger partial charge on any atom is 0.261 e. The largest absolute Gasteiger partial charge is 0.396 e. The fourth-order valence-electron chi connectivity index (χ4n) is 4.75. The molecular weight excluding hydrogens is 454 g/mol. The number of fused-ring (bicyclic) bond motifs is 1. The van der Waals surface area contributed by atoms with Crippen molar-refractivity contribution in [3.63, 3.8) is 0 Å². The monoisotopic (exact) mass is 501 g/mol. The molecule has 0 saturated heterocycles. The molecule has 0 spiro atoms. The van der Waals surface area contributed by atoms with Gasteiger partial charge >= 0.3 is 0 Å². The standard InChI is InChI=1S/C24H35N3OS.C5H12O/c1-7-13-27(14-8-2)22-26-19(20(29-22)21(25)28)16-9-10-17-18(15-16)24(5,6)12-11-23(17,3)4;1-2-3-4-5-6/h9-10,15H,7-8,11-14H2,1-6H3,(H2,25,28);6H,2-5H2,1H3. The fraction of sp³-hybridized carbons (Fsp3) is 0.655. The van der Waals surface area contributed by atoms with Gasteiger partial charge < -0.3 is 15.7 Å². The van der Waals surface area contributed by atoms with Gasteiger partial charge in [-0.3, -0.25) is 4.79 Å². The third-order valence-electron chi connectivity index (χ3n) is 6.99. The smallest absolute Gasteiger partial charge is 0.261 e. The fourth-order valence-corrected chi connectivity index (χ4v) is 5.74. The van der Waals surface area contributed by atoms with Crippen molar-refractivity contribution in [2.75, 3.05) is 24.6 Å². The third kappa shape index (κ3) is 7.29. The van der Waals surface area contributed by atoms with Gasteiger partial charge in [0.05, 0.1) is 5.69 Å². The molecule has 5 nitrogen and oxygen atoms in total. The Kier molecular flexibility index (Phi) is 10.8. The number of aliphatic hydroxyl groups excluding tert-OH is 1. The van der Waals surface area contributed by atoms with E-state index < -0.39 is 5.91 Å². The number of nitrogens with two attached hydrogens (primary N) is 1. The summed E-state index contributed by atoms with van der Waals surface area (Å²) in [5, 5.41) is 9.10. The van der Waals surface area contributed by atoms with E-state index in [-0.39, 0.29) is 10.8 Å². The Morgan fingerprint density at radius 2 is 1.60 bits per heavy atom. The molecule has 2 aromatic rings. The quantitative estimate of drug-likeness (QED) is 0.342. The van der Waals surface area contributed by atoms with E-state index in [4.69, 9.17) is 15.8 Å². The Labute approximate surface area is 217 Å². The molecule has 0 atom stereocenters. The lowest BCUT2D eigenvalue weighted by Gasteiger charge is -2.42. The van der Waals surface area contributed by atoms with Gasteiger partial charge in [-0.25, -0.2) is 4.98 Å². The lowest BCUT2D eigenvalue weighted by atomic mass is 9.63. The summed E-state index contributed by atoms with van der Waals surface area (Å²) in [6.45, 7) is 18.0. The van der Waals surface area contributed by atoms with Crippen molar-refractivity contribution in [2.45, 2.75) is 104 Å². The van der Waals surface area contributed by atoms with Crippen molar-refractivity contribution in [1.29, 1.82) is 0 Å². The van der Waals surface area contributed by atoms with Crippen molar-refractivity contribution in [3.8, 4) is 11.3 Å². The minimum absolute atomic E-state index is 0.114.